The number of nitrogens with zero attached hydrogens (tertiary/aromatic N) is 2. The molecular weight excluding hydrogens is 369 g/mol. The number of carbonyl (C=O) groups excluding carboxylic acids is 1. The largest absolute Gasteiger partial charge is 0.482 e. The molecule has 0 bridgehead atoms. The van der Waals surface area contributed by atoms with Crippen LogP contribution in [0.25, 0.3) is 22.4 Å². The summed E-state index contributed by atoms with van der Waals surface area (Å²) in [5, 5.41) is 7.70. The third-order valence-electron chi connectivity index (χ3n) is 5.83. The normalized spacial score (nSPS) is 20.0. The van der Waals surface area contributed by atoms with Gasteiger partial charge in [0.2, 0.25) is 0 Å². The average Bonchev–Trinajstić information content (AvgIpc) is 3.29. The van der Waals surface area contributed by atoms with E-state index in [1.165, 1.54) is 18.6 Å². The van der Waals surface area contributed by atoms with Crippen LogP contribution in [0.3, 0.4) is 0 Å². The number of halogens is 1. The Morgan fingerprint density at radius 1 is 1.21 bits per heavy atom. The number of amides is 1. The molecule has 2 unspecified atom stereocenters. The highest BCUT2D eigenvalue weighted by molar-refractivity contribution is 5.97. The number of fused-ring (bicyclic) bond motifs is 1. The van der Waals surface area contributed by atoms with Gasteiger partial charge in [-0.15, -0.1) is 0 Å². The molecule has 1 fully saturated rings. The van der Waals surface area contributed by atoms with Crippen molar-refractivity contribution in [3.8, 4) is 28.1 Å². The summed E-state index contributed by atoms with van der Waals surface area (Å²) in [6.45, 7) is 5.12. The minimum atomic E-state index is -0.262. The molecule has 0 spiro atoms. The van der Waals surface area contributed by atoms with Crippen molar-refractivity contribution in [3.63, 3.8) is 0 Å². The van der Waals surface area contributed by atoms with Gasteiger partial charge in [0.1, 0.15) is 11.6 Å². The highest BCUT2D eigenvalue weighted by Crippen LogP contribution is 2.43. The number of hydrogen-bond acceptors (Lipinski definition) is 3. The number of anilines is 1. The molecule has 1 aliphatic heterocycles. The predicted molar refractivity (Wildman–Crippen MR) is 109 cm³/mol. The number of ether oxygens (including phenoxy) is 1. The van der Waals surface area contributed by atoms with E-state index in [0.29, 0.717) is 23.3 Å². The molecule has 0 radical (unpaired) electrons. The SMILES string of the molecule is Cc1nn(CC2CC2C)c(-c2ccc(F)cc2)c1-c1ccc2c(c1)NC(=O)CO2. The fourth-order valence-electron chi connectivity index (χ4n) is 4.07. The summed E-state index contributed by atoms with van der Waals surface area (Å²) in [5.41, 5.74) is 5.40. The molecule has 148 valence electrons. The zero-order chi connectivity index (χ0) is 20.1. The first-order valence-electron chi connectivity index (χ1n) is 9.90. The van der Waals surface area contributed by atoms with Gasteiger partial charge in [-0.05, 0) is 67.1 Å². The van der Waals surface area contributed by atoms with Crippen molar-refractivity contribution in [2.24, 2.45) is 11.8 Å². The van der Waals surface area contributed by atoms with E-state index < -0.39 is 0 Å². The Balaban J connectivity index is 1.65. The molecule has 2 aliphatic rings. The molecule has 5 rings (SSSR count). The number of aromatic nitrogens is 2. The number of carbonyl (C=O) groups is 1. The molecule has 2 heterocycles. The first-order valence-corrected chi connectivity index (χ1v) is 9.90. The molecule has 2 aromatic carbocycles. The third kappa shape index (κ3) is 3.28. The second-order valence-corrected chi connectivity index (χ2v) is 8.02. The number of rotatable bonds is 4. The fraction of sp³-hybridized carbons (Fsp3) is 0.304. The van der Waals surface area contributed by atoms with Gasteiger partial charge < -0.3 is 10.1 Å². The molecule has 6 heteroatoms. The maximum atomic E-state index is 13.6. The number of aryl methyl sites for hydroxylation is 1. The molecule has 2 atom stereocenters. The molecular formula is C23H22FN3O2. The van der Waals surface area contributed by atoms with Crippen LogP contribution in [0.5, 0.6) is 5.75 Å². The van der Waals surface area contributed by atoms with Gasteiger partial charge in [-0.2, -0.15) is 5.10 Å². The van der Waals surface area contributed by atoms with Crippen molar-refractivity contribution >= 4 is 11.6 Å². The highest BCUT2D eigenvalue weighted by Gasteiger charge is 2.34. The maximum Gasteiger partial charge on any atom is 0.262 e. The molecule has 1 N–H and O–H groups in total. The summed E-state index contributed by atoms with van der Waals surface area (Å²) in [4.78, 5) is 11.7. The van der Waals surface area contributed by atoms with Crippen LogP contribution in [0.15, 0.2) is 42.5 Å². The van der Waals surface area contributed by atoms with E-state index >= 15 is 0 Å². The van der Waals surface area contributed by atoms with Crippen LogP contribution in [0, 0.1) is 24.6 Å². The van der Waals surface area contributed by atoms with E-state index in [1.54, 1.807) is 12.1 Å². The van der Waals surface area contributed by atoms with Crippen LogP contribution < -0.4 is 10.1 Å². The van der Waals surface area contributed by atoms with Crippen molar-refractivity contribution < 1.29 is 13.9 Å². The van der Waals surface area contributed by atoms with Crippen molar-refractivity contribution in [1.29, 1.82) is 0 Å². The van der Waals surface area contributed by atoms with Crippen molar-refractivity contribution in [2.45, 2.75) is 26.8 Å². The Labute approximate surface area is 168 Å². The van der Waals surface area contributed by atoms with Gasteiger partial charge in [0.15, 0.2) is 6.61 Å². The van der Waals surface area contributed by atoms with Gasteiger partial charge in [0.05, 0.1) is 17.1 Å². The summed E-state index contributed by atoms with van der Waals surface area (Å²) in [6.07, 6.45) is 1.21. The molecule has 1 amide bonds. The fourth-order valence-corrected chi connectivity index (χ4v) is 4.07. The average molecular weight is 391 g/mol. The predicted octanol–water partition coefficient (Wildman–Crippen LogP) is 4.65. The van der Waals surface area contributed by atoms with Crippen molar-refractivity contribution in [1.82, 2.24) is 9.78 Å². The Morgan fingerprint density at radius 3 is 2.66 bits per heavy atom. The molecule has 1 saturated carbocycles. The molecule has 5 nitrogen and oxygen atoms in total. The van der Waals surface area contributed by atoms with E-state index in [9.17, 15) is 9.18 Å². The molecule has 1 aliphatic carbocycles. The van der Waals surface area contributed by atoms with Gasteiger partial charge >= 0.3 is 0 Å². The standard InChI is InChI=1S/C23H22FN3O2/c1-13-9-17(13)11-27-23(15-3-6-18(24)7-4-15)22(14(2)26-27)16-5-8-20-19(10-16)25-21(28)12-29-20/h3-8,10,13,17H,9,11-12H2,1-2H3,(H,25,28). The van der Waals surface area contributed by atoms with Gasteiger partial charge in [-0.25, -0.2) is 4.39 Å². The monoisotopic (exact) mass is 391 g/mol. The quantitative estimate of drug-likeness (QED) is 0.704. The summed E-state index contributed by atoms with van der Waals surface area (Å²) >= 11 is 0. The first-order chi connectivity index (χ1) is 14.0. The Morgan fingerprint density at radius 2 is 1.93 bits per heavy atom. The van der Waals surface area contributed by atoms with Crippen LogP contribution >= 0.6 is 0 Å². The van der Waals surface area contributed by atoms with E-state index in [-0.39, 0.29) is 18.3 Å². The lowest BCUT2D eigenvalue weighted by Crippen LogP contribution is -2.25. The lowest BCUT2D eigenvalue weighted by atomic mass is 9.98. The van der Waals surface area contributed by atoms with Gasteiger partial charge in [0.25, 0.3) is 5.91 Å². The smallest absolute Gasteiger partial charge is 0.262 e. The van der Waals surface area contributed by atoms with Crippen molar-refractivity contribution in [3.05, 3.63) is 54.0 Å². The zero-order valence-electron chi connectivity index (χ0n) is 16.4. The number of hydrogen-bond donors (Lipinski definition) is 1. The Bertz CT molecular complexity index is 1100. The minimum Gasteiger partial charge on any atom is -0.482 e. The number of benzene rings is 2. The summed E-state index contributed by atoms with van der Waals surface area (Å²) < 4.78 is 21.1. The van der Waals surface area contributed by atoms with Crippen LogP contribution in [0.2, 0.25) is 0 Å². The summed E-state index contributed by atoms with van der Waals surface area (Å²) in [5.74, 6) is 1.57. The van der Waals surface area contributed by atoms with Gasteiger partial charge in [-0.3, -0.25) is 9.48 Å². The zero-order valence-corrected chi connectivity index (χ0v) is 16.4. The molecule has 0 saturated heterocycles. The highest BCUT2D eigenvalue weighted by atomic mass is 19.1. The van der Waals surface area contributed by atoms with E-state index in [0.717, 1.165) is 34.6 Å². The Kier molecular flexibility index (Phi) is 4.15. The van der Waals surface area contributed by atoms with Gasteiger partial charge in [-0.1, -0.05) is 13.0 Å². The second-order valence-electron chi connectivity index (χ2n) is 8.02. The first kappa shape index (κ1) is 17.9. The second kappa shape index (κ2) is 6.72. The van der Waals surface area contributed by atoms with E-state index in [1.807, 2.05) is 25.1 Å². The van der Waals surface area contributed by atoms with Gasteiger partial charge in [0, 0.05) is 17.7 Å². The molecule has 3 aromatic rings. The maximum absolute atomic E-state index is 13.6. The lowest BCUT2D eigenvalue weighted by molar-refractivity contribution is -0.118. The summed E-state index contributed by atoms with van der Waals surface area (Å²) in [6, 6.07) is 12.3. The van der Waals surface area contributed by atoms with E-state index in [4.69, 9.17) is 9.84 Å². The molecule has 29 heavy (non-hydrogen) atoms. The lowest BCUT2D eigenvalue weighted by Gasteiger charge is -2.19. The Hall–Kier alpha value is -3.15. The third-order valence-corrected chi connectivity index (χ3v) is 5.83. The molecule has 1 aromatic heterocycles. The topological polar surface area (TPSA) is 56.2 Å². The van der Waals surface area contributed by atoms with E-state index in [2.05, 4.69) is 16.9 Å². The van der Waals surface area contributed by atoms with Crippen LogP contribution in [0.4, 0.5) is 10.1 Å². The van der Waals surface area contributed by atoms with Crippen molar-refractivity contribution in [2.75, 3.05) is 11.9 Å². The van der Waals surface area contributed by atoms with Crippen LogP contribution in [-0.2, 0) is 11.3 Å². The van der Waals surface area contributed by atoms with Crippen LogP contribution in [-0.4, -0.2) is 22.3 Å². The number of nitrogens with one attached hydrogen (secondary N) is 1. The van der Waals surface area contributed by atoms with Crippen LogP contribution in [0.1, 0.15) is 19.0 Å². The minimum absolute atomic E-state index is 0.0315. The summed E-state index contributed by atoms with van der Waals surface area (Å²) in [7, 11) is 0.